The fourth-order valence-corrected chi connectivity index (χ4v) is 2.05. The monoisotopic (exact) mass is 350 g/mol. The molecule has 0 aliphatic carbocycles. The lowest BCUT2D eigenvalue weighted by Gasteiger charge is -2.12. The Hall–Kier alpha value is -2.15. The van der Waals surface area contributed by atoms with Gasteiger partial charge < -0.3 is 15.7 Å². The lowest BCUT2D eigenvalue weighted by atomic mass is 10.1. The summed E-state index contributed by atoms with van der Waals surface area (Å²) >= 11 is 3.43. The molecular weight excluding hydrogens is 336 g/mol. The van der Waals surface area contributed by atoms with Crippen LogP contribution in [0.2, 0.25) is 0 Å². The Morgan fingerprint density at radius 2 is 2.00 bits per heavy atom. The Kier molecular flexibility index (Phi) is 4.42. The van der Waals surface area contributed by atoms with E-state index in [2.05, 4.69) is 31.3 Å². The highest BCUT2D eigenvalue weighted by Crippen LogP contribution is 2.28. The zero-order valence-corrected chi connectivity index (χ0v) is 13.5. The van der Waals surface area contributed by atoms with Crippen molar-refractivity contribution < 1.29 is 9.94 Å². The molecule has 1 aromatic heterocycles. The van der Waals surface area contributed by atoms with Gasteiger partial charge in [0.25, 0.3) is 0 Å². The SMILES string of the molecule is Cc1cc(Oc2nnc(C)c(C)c2/C(N)=N/O)ccc1Br. The number of hydrogen-bond donors (Lipinski definition) is 2. The smallest absolute Gasteiger partial charge is 0.250 e. The van der Waals surface area contributed by atoms with Gasteiger partial charge in [-0.15, -0.1) is 5.10 Å². The summed E-state index contributed by atoms with van der Waals surface area (Å²) in [7, 11) is 0. The van der Waals surface area contributed by atoms with Crippen molar-refractivity contribution in [3.05, 3.63) is 45.1 Å². The summed E-state index contributed by atoms with van der Waals surface area (Å²) in [4.78, 5) is 0. The second-order valence-corrected chi connectivity index (χ2v) is 5.44. The highest BCUT2D eigenvalue weighted by atomic mass is 79.9. The predicted octanol–water partition coefficient (Wildman–Crippen LogP) is 3.05. The van der Waals surface area contributed by atoms with E-state index in [0.717, 1.165) is 15.6 Å². The summed E-state index contributed by atoms with van der Waals surface area (Å²) in [5.41, 5.74) is 8.62. The molecule has 0 aliphatic heterocycles. The van der Waals surface area contributed by atoms with Crippen molar-refractivity contribution >= 4 is 21.8 Å². The number of rotatable bonds is 3. The second-order valence-electron chi connectivity index (χ2n) is 4.59. The van der Waals surface area contributed by atoms with Crippen molar-refractivity contribution in [3.63, 3.8) is 0 Å². The van der Waals surface area contributed by atoms with Gasteiger partial charge in [0.2, 0.25) is 5.88 Å². The first-order chi connectivity index (χ1) is 9.93. The van der Waals surface area contributed by atoms with Gasteiger partial charge in [0.15, 0.2) is 5.84 Å². The maximum Gasteiger partial charge on any atom is 0.250 e. The summed E-state index contributed by atoms with van der Waals surface area (Å²) in [6.45, 7) is 5.56. The largest absolute Gasteiger partial charge is 0.437 e. The minimum atomic E-state index is -0.0608. The number of hydrogen-bond acceptors (Lipinski definition) is 5. The van der Waals surface area contributed by atoms with E-state index in [1.807, 2.05) is 26.0 Å². The molecule has 0 unspecified atom stereocenters. The predicted molar refractivity (Wildman–Crippen MR) is 83.0 cm³/mol. The fourth-order valence-electron chi connectivity index (χ4n) is 1.80. The average molecular weight is 351 g/mol. The zero-order valence-electron chi connectivity index (χ0n) is 11.9. The van der Waals surface area contributed by atoms with Gasteiger partial charge >= 0.3 is 0 Å². The Balaban J connectivity index is 2.49. The molecule has 0 radical (unpaired) electrons. The van der Waals surface area contributed by atoms with E-state index in [1.54, 1.807) is 13.0 Å². The number of benzene rings is 1. The van der Waals surface area contributed by atoms with Crippen molar-refractivity contribution in [1.29, 1.82) is 0 Å². The Morgan fingerprint density at radius 1 is 1.29 bits per heavy atom. The molecular formula is C14H15BrN4O2. The van der Waals surface area contributed by atoms with E-state index in [1.165, 1.54) is 0 Å². The lowest BCUT2D eigenvalue weighted by molar-refractivity contribution is 0.318. The zero-order chi connectivity index (χ0) is 15.6. The van der Waals surface area contributed by atoms with Gasteiger partial charge in [0, 0.05) is 4.47 Å². The molecule has 7 heteroatoms. The lowest BCUT2D eigenvalue weighted by Crippen LogP contribution is -2.18. The molecule has 0 saturated carbocycles. The van der Waals surface area contributed by atoms with Crippen LogP contribution in [0, 0.1) is 20.8 Å². The third-order valence-corrected chi connectivity index (χ3v) is 4.02. The molecule has 3 N–H and O–H groups in total. The van der Waals surface area contributed by atoms with Crippen molar-refractivity contribution in [3.8, 4) is 11.6 Å². The number of aromatic nitrogens is 2. The normalized spacial score (nSPS) is 11.5. The van der Waals surface area contributed by atoms with Gasteiger partial charge in [0.05, 0.1) is 11.3 Å². The number of amidine groups is 1. The van der Waals surface area contributed by atoms with Crippen molar-refractivity contribution in [2.75, 3.05) is 0 Å². The van der Waals surface area contributed by atoms with Crippen LogP contribution in [0.1, 0.15) is 22.4 Å². The fraction of sp³-hybridized carbons (Fsp3) is 0.214. The van der Waals surface area contributed by atoms with E-state index < -0.39 is 0 Å². The molecule has 0 amide bonds. The van der Waals surface area contributed by atoms with Crippen molar-refractivity contribution in [2.45, 2.75) is 20.8 Å². The maximum atomic E-state index is 8.93. The Labute approximate surface area is 130 Å². The summed E-state index contributed by atoms with van der Waals surface area (Å²) in [6, 6.07) is 5.53. The summed E-state index contributed by atoms with van der Waals surface area (Å²) in [6.07, 6.45) is 0. The average Bonchev–Trinajstić information content (AvgIpc) is 2.46. The molecule has 0 fully saturated rings. The third-order valence-electron chi connectivity index (χ3n) is 3.13. The van der Waals surface area contributed by atoms with Crippen LogP contribution >= 0.6 is 15.9 Å². The van der Waals surface area contributed by atoms with Crippen LogP contribution in [0.5, 0.6) is 11.6 Å². The van der Waals surface area contributed by atoms with Gasteiger partial charge in [-0.25, -0.2) is 0 Å². The van der Waals surface area contributed by atoms with Crippen LogP contribution in [-0.2, 0) is 0 Å². The van der Waals surface area contributed by atoms with Crippen LogP contribution in [0.15, 0.2) is 27.8 Å². The summed E-state index contributed by atoms with van der Waals surface area (Å²) < 4.78 is 6.72. The minimum absolute atomic E-state index is 0.0608. The molecule has 0 bridgehead atoms. The van der Waals surface area contributed by atoms with Gasteiger partial charge in [-0.2, -0.15) is 5.10 Å². The van der Waals surface area contributed by atoms with Crippen LogP contribution in [0.25, 0.3) is 0 Å². The maximum absolute atomic E-state index is 8.93. The van der Waals surface area contributed by atoms with Gasteiger partial charge in [-0.3, -0.25) is 0 Å². The third kappa shape index (κ3) is 3.13. The molecule has 0 aliphatic rings. The van der Waals surface area contributed by atoms with Crippen molar-refractivity contribution in [1.82, 2.24) is 10.2 Å². The standard InChI is InChI=1S/C14H15BrN4O2/c1-7-6-10(4-5-11(7)15)21-14-12(13(16)19-20)8(2)9(3)17-18-14/h4-6,20H,1-3H3,(H2,16,19). The number of oxime groups is 1. The van der Waals surface area contributed by atoms with Gasteiger partial charge in [0.1, 0.15) is 5.75 Å². The first kappa shape index (κ1) is 15.2. The number of nitrogens with two attached hydrogens (primary N) is 1. The quantitative estimate of drug-likeness (QED) is 0.384. The first-order valence-electron chi connectivity index (χ1n) is 6.19. The van der Waals surface area contributed by atoms with Crippen LogP contribution < -0.4 is 10.5 Å². The van der Waals surface area contributed by atoms with E-state index >= 15 is 0 Å². The van der Waals surface area contributed by atoms with E-state index in [4.69, 9.17) is 15.7 Å². The highest BCUT2D eigenvalue weighted by molar-refractivity contribution is 9.10. The molecule has 21 heavy (non-hydrogen) atoms. The molecule has 0 atom stereocenters. The van der Waals surface area contributed by atoms with Crippen molar-refractivity contribution in [2.24, 2.45) is 10.9 Å². The molecule has 1 aromatic carbocycles. The molecule has 0 spiro atoms. The van der Waals surface area contributed by atoms with Crippen LogP contribution in [-0.4, -0.2) is 21.2 Å². The highest BCUT2D eigenvalue weighted by Gasteiger charge is 2.17. The number of aryl methyl sites for hydroxylation is 2. The Morgan fingerprint density at radius 3 is 2.62 bits per heavy atom. The minimum Gasteiger partial charge on any atom is -0.437 e. The molecule has 0 saturated heterocycles. The van der Waals surface area contributed by atoms with E-state index in [9.17, 15) is 0 Å². The number of ether oxygens (including phenoxy) is 1. The van der Waals surface area contributed by atoms with Crippen LogP contribution in [0.4, 0.5) is 0 Å². The molecule has 2 aromatic rings. The number of nitrogens with zero attached hydrogens (tertiary/aromatic N) is 3. The van der Waals surface area contributed by atoms with Gasteiger partial charge in [-0.1, -0.05) is 21.1 Å². The van der Waals surface area contributed by atoms with E-state index in [0.29, 0.717) is 17.0 Å². The molecule has 6 nitrogen and oxygen atoms in total. The van der Waals surface area contributed by atoms with Crippen LogP contribution in [0.3, 0.4) is 0 Å². The first-order valence-corrected chi connectivity index (χ1v) is 6.99. The van der Waals surface area contributed by atoms with Gasteiger partial charge in [-0.05, 0) is 50.1 Å². The summed E-state index contributed by atoms with van der Waals surface area (Å²) in [5, 5.41) is 20.0. The Bertz CT molecular complexity index is 716. The number of halogens is 1. The molecule has 110 valence electrons. The molecule has 1 heterocycles. The second kappa shape index (κ2) is 6.09. The topological polar surface area (TPSA) is 93.6 Å². The van der Waals surface area contributed by atoms with E-state index in [-0.39, 0.29) is 11.7 Å². The molecule has 2 rings (SSSR count). The summed E-state index contributed by atoms with van der Waals surface area (Å²) in [5.74, 6) is 0.740.